The number of rotatable bonds is 3. The third-order valence-electron chi connectivity index (χ3n) is 3.04. The lowest BCUT2D eigenvalue weighted by molar-refractivity contribution is 0.0194. The van der Waals surface area contributed by atoms with Crippen LogP contribution in [0.25, 0.3) is 0 Å². The first-order valence-electron chi connectivity index (χ1n) is 7.09. The van der Waals surface area contributed by atoms with Crippen molar-refractivity contribution in [2.45, 2.75) is 39.2 Å². The Bertz CT molecular complexity index is 375. The molecule has 1 aliphatic heterocycles. The average molecular weight is 296 g/mol. The zero-order valence-corrected chi connectivity index (χ0v) is 13.6. The first kappa shape index (κ1) is 19.4. The highest BCUT2D eigenvalue weighted by atomic mass is 16.6. The molecule has 21 heavy (non-hydrogen) atoms. The first-order chi connectivity index (χ1) is 9.87. The van der Waals surface area contributed by atoms with E-state index in [1.807, 2.05) is 26.8 Å². The minimum Gasteiger partial charge on any atom is -0.444 e. The van der Waals surface area contributed by atoms with Crippen molar-refractivity contribution in [2.75, 3.05) is 20.2 Å². The normalized spacial score (nSPS) is 16.6. The third-order valence-corrected chi connectivity index (χ3v) is 3.04. The number of hydrogen-bond acceptors (Lipinski definition) is 4. The van der Waals surface area contributed by atoms with Gasteiger partial charge in [-0.1, -0.05) is 12.7 Å². The molecule has 0 radical (unpaired) electrons. The molecule has 5 heteroatoms. The van der Waals surface area contributed by atoms with Crippen LogP contribution < -0.4 is 0 Å². The minimum atomic E-state index is -0.440. The summed E-state index contributed by atoms with van der Waals surface area (Å²) in [5.41, 5.74) is 0.517. The SMILES string of the molecule is C=C/C=C(\N=C)C1CCN(C(=O)OC(C)(C)C)CC1.CO. The molecule has 1 N–H and O–H groups in total. The van der Waals surface area contributed by atoms with Gasteiger partial charge in [-0.15, -0.1) is 0 Å². The molecule has 0 bridgehead atoms. The van der Waals surface area contributed by atoms with Crippen molar-refractivity contribution in [1.82, 2.24) is 4.90 Å². The summed E-state index contributed by atoms with van der Waals surface area (Å²) in [6, 6.07) is 0. The molecule has 5 nitrogen and oxygen atoms in total. The van der Waals surface area contributed by atoms with Gasteiger partial charge in [0.15, 0.2) is 0 Å². The Balaban J connectivity index is 0.00000191. The van der Waals surface area contributed by atoms with E-state index >= 15 is 0 Å². The van der Waals surface area contributed by atoms with E-state index in [2.05, 4.69) is 18.3 Å². The standard InChI is InChI=1S/C15H24N2O2.CH4O/c1-6-7-13(16-5)12-8-10-17(11-9-12)14(18)19-15(2,3)4;1-2/h6-7,12H,1,5,8-11H2,2-4H3;2H,1H3/b13-7-;. The van der Waals surface area contributed by atoms with Crippen molar-refractivity contribution in [3.8, 4) is 0 Å². The van der Waals surface area contributed by atoms with Crippen LogP contribution in [0.5, 0.6) is 0 Å². The van der Waals surface area contributed by atoms with Gasteiger partial charge in [-0.3, -0.25) is 4.99 Å². The molecule has 0 aromatic carbocycles. The van der Waals surface area contributed by atoms with Crippen LogP contribution in [0, 0.1) is 5.92 Å². The monoisotopic (exact) mass is 296 g/mol. The maximum absolute atomic E-state index is 11.9. The van der Waals surface area contributed by atoms with Crippen LogP contribution in [0.3, 0.4) is 0 Å². The van der Waals surface area contributed by atoms with Crippen molar-refractivity contribution in [2.24, 2.45) is 10.9 Å². The Morgan fingerprint density at radius 2 is 1.86 bits per heavy atom. The quantitative estimate of drug-likeness (QED) is 0.643. The summed E-state index contributed by atoms with van der Waals surface area (Å²) >= 11 is 0. The zero-order valence-electron chi connectivity index (χ0n) is 13.6. The maximum Gasteiger partial charge on any atom is 0.410 e. The number of hydrogen-bond donors (Lipinski definition) is 1. The number of likely N-dealkylation sites (tertiary alicyclic amines) is 1. The van der Waals surface area contributed by atoms with Gasteiger partial charge in [0.05, 0.1) is 0 Å². The number of nitrogens with zero attached hydrogens (tertiary/aromatic N) is 2. The fourth-order valence-electron chi connectivity index (χ4n) is 2.12. The smallest absolute Gasteiger partial charge is 0.410 e. The van der Waals surface area contributed by atoms with Crippen LogP contribution >= 0.6 is 0 Å². The Morgan fingerprint density at radius 1 is 1.33 bits per heavy atom. The van der Waals surface area contributed by atoms with Crippen molar-refractivity contribution < 1.29 is 14.6 Å². The largest absolute Gasteiger partial charge is 0.444 e. The number of aliphatic hydroxyl groups excluding tert-OH is 1. The molecule has 0 saturated carbocycles. The summed E-state index contributed by atoms with van der Waals surface area (Å²) in [4.78, 5) is 17.7. The van der Waals surface area contributed by atoms with Gasteiger partial charge >= 0.3 is 6.09 Å². The van der Waals surface area contributed by atoms with E-state index in [4.69, 9.17) is 9.84 Å². The van der Waals surface area contributed by atoms with Crippen LogP contribution in [-0.2, 0) is 4.74 Å². The van der Waals surface area contributed by atoms with Crippen molar-refractivity contribution in [3.05, 3.63) is 24.4 Å². The van der Waals surface area contributed by atoms with E-state index in [9.17, 15) is 4.79 Å². The molecule has 0 aromatic heterocycles. The second-order valence-corrected chi connectivity index (χ2v) is 5.73. The highest BCUT2D eigenvalue weighted by Crippen LogP contribution is 2.26. The van der Waals surface area contributed by atoms with E-state index in [0.29, 0.717) is 19.0 Å². The molecule has 1 rings (SSSR count). The number of piperidine rings is 1. The van der Waals surface area contributed by atoms with Crippen LogP contribution in [0.15, 0.2) is 29.4 Å². The fourth-order valence-corrected chi connectivity index (χ4v) is 2.12. The van der Waals surface area contributed by atoms with Gasteiger partial charge < -0.3 is 14.7 Å². The van der Waals surface area contributed by atoms with Gasteiger partial charge in [0.2, 0.25) is 0 Å². The Morgan fingerprint density at radius 3 is 2.24 bits per heavy atom. The fraction of sp³-hybridized carbons (Fsp3) is 0.625. The molecule has 0 spiro atoms. The van der Waals surface area contributed by atoms with Crippen LogP contribution in [0.1, 0.15) is 33.6 Å². The number of allylic oxidation sites excluding steroid dienone is 3. The van der Waals surface area contributed by atoms with E-state index in [-0.39, 0.29) is 6.09 Å². The zero-order chi connectivity index (χ0) is 16.5. The minimum absolute atomic E-state index is 0.230. The Hall–Kier alpha value is -1.62. The molecule has 1 fully saturated rings. The summed E-state index contributed by atoms with van der Waals surface area (Å²) in [6.45, 7) is 14.3. The molecular weight excluding hydrogens is 268 g/mol. The number of aliphatic hydroxyl groups is 1. The second kappa shape index (κ2) is 9.34. The molecule has 0 unspecified atom stereocenters. The molecule has 0 atom stereocenters. The number of aliphatic imine (C=N–C) groups is 1. The lowest BCUT2D eigenvalue weighted by atomic mass is 9.93. The molecule has 120 valence electrons. The maximum atomic E-state index is 11.9. The van der Waals surface area contributed by atoms with Gasteiger partial charge in [-0.05, 0) is 46.4 Å². The van der Waals surface area contributed by atoms with Gasteiger partial charge in [0, 0.05) is 31.8 Å². The average Bonchev–Trinajstić information content (AvgIpc) is 2.45. The summed E-state index contributed by atoms with van der Waals surface area (Å²) in [5, 5.41) is 7.00. The predicted molar refractivity (Wildman–Crippen MR) is 86.5 cm³/mol. The molecule has 0 aromatic rings. The third kappa shape index (κ3) is 7.09. The second-order valence-electron chi connectivity index (χ2n) is 5.73. The molecular formula is C16H28N2O3. The van der Waals surface area contributed by atoms with Crippen LogP contribution in [0.2, 0.25) is 0 Å². The number of amides is 1. The Kier molecular flexibility index (Phi) is 8.62. The number of carbonyl (C=O) groups excluding carboxylic acids is 1. The summed E-state index contributed by atoms with van der Waals surface area (Å²) < 4.78 is 5.37. The molecule has 1 saturated heterocycles. The van der Waals surface area contributed by atoms with Gasteiger partial charge in [0.25, 0.3) is 0 Å². The summed E-state index contributed by atoms with van der Waals surface area (Å²) in [5.74, 6) is 0.356. The molecule has 1 aliphatic rings. The van der Waals surface area contributed by atoms with Crippen molar-refractivity contribution >= 4 is 12.8 Å². The molecule has 0 aliphatic carbocycles. The van der Waals surface area contributed by atoms with Gasteiger partial charge in [0.1, 0.15) is 5.60 Å². The van der Waals surface area contributed by atoms with E-state index in [0.717, 1.165) is 25.6 Å². The van der Waals surface area contributed by atoms with Crippen LogP contribution in [0.4, 0.5) is 4.79 Å². The lowest BCUT2D eigenvalue weighted by Crippen LogP contribution is -2.41. The van der Waals surface area contributed by atoms with Crippen molar-refractivity contribution in [3.63, 3.8) is 0 Å². The number of carbonyl (C=O) groups is 1. The van der Waals surface area contributed by atoms with E-state index < -0.39 is 5.60 Å². The highest BCUT2D eigenvalue weighted by molar-refractivity contribution is 5.68. The lowest BCUT2D eigenvalue weighted by Gasteiger charge is -2.33. The van der Waals surface area contributed by atoms with E-state index in [1.165, 1.54) is 0 Å². The molecule has 1 amide bonds. The first-order valence-corrected chi connectivity index (χ1v) is 7.09. The summed E-state index contributed by atoms with van der Waals surface area (Å²) in [6.07, 6.45) is 5.16. The highest BCUT2D eigenvalue weighted by Gasteiger charge is 2.27. The summed E-state index contributed by atoms with van der Waals surface area (Å²) in [7, 11) is 1.00. The van der Waals surface area contributed by atoms with Gasteiger partial charge in [-0.2, -0.15) is 0 Å². The Labute approximate surface area is 128 Å². The predicted octanol–water partition coefficient (Wildman–Crippen LogP) is 3.01. The van der Waals surface area contributed by atoms with Crippen molar-refractivity contribution in [1.29, 1.82) is 0 Å². The number of ether oxygens (including phenoxy) is 1. The van der Waals surface area contributed by atoms with Crippen LogP contribution in [-0.4, -0.2) is 48.6 Å². The molecule has 1 heterocycles. The van der Waals surface area contributed by atoms with Gasteiger partial charge in [-0.25, -0.2) is 4.79 Å². The topological polar surface area (TPSA) is 62.1 Å². The van der Waals surface area contributed by atoms with E-state index in [1.54, 1.807) is 11.0 Å².